The van der Waals surface area contributed by atoms with Crippen LogP contribution in [0.25, 0.3) is 0 Å². The number of aromatic nitrogens is 3. The zero-order chi connectivity index (χ0) is 21.7. The molecule has 0 fully saturated rings. The molecule has 0 amide bonds. The van der Waals surface area contributed by atoms with E-state index in [1.807, 2.05) is 18.2 Å². The Morgan fingerprint density at radius 1 is 1.03 bits per heavy atom. The molecule has 0 bridgehead atoms. The number of alkyl halides is 2. The Kier molecular flexibility index (Phi) is 6.16. The molecular weight excluding hydrogens is 420 g/mol. The van der Waals surface area contributed by atoms with E-state index in [9.17, 15) is 22.0 Å². The van der Waals surface area contributed by atoms with Crippen molar-refractivity contribution in [3.8, 4) is 0 Å². The largest absolute Gasteiger partial charge is 0.454 e. The first-order chi connectivity index (χ1) is 14.3. The van der Waals surface area contributed by atoms with Gasteiger partial charge < -0.3 is 15.8 Å². The molecule has 9 nitrogen and oxygen atoms in total. The average molecular weight is 435 g/mol. The van der Waals surface area contributed by atoms with E-state index in [4.69, 9.17) is 10.5 Å². The van der Waals surface area contributed by atoms with Crippen LogP contribution in [-0.2, 0) is 21.2 Å². The van der Waals surface area contributed by atoms with Crippen LogP contribution in [-0.4, -0.2) is 35.1 Å². The minimum Gasteiger partial charge on any atom is -0.454 e. The molecule has 3 rings (SSSR count). The molecule has 0 aliphatic carbocycles. The smallest absolute Gasteiger partial charge is 0.341 e. The summed E-state index contributed by atoms with van der Waals surface area (Å²) < 4.78 is 53.0. The lowest BCUT2D eigenvalue weighted by Crippen LogP contribution is -2.13. The van der Waals surface area contributed by atoms with Crippen LogP contribution in [0.3, 0.4) is 0 Å². The molecule has 0 saturated carbocycles. The Labute approximate surface area is 169 Å². The zero-order valence-corrected chi connectivity index (χ0v) is 16.0. The number of hydrogen-bond donors (Lipinski definition) is 2. The van der Waals surface area contributed by atoms with E-state index in [0.29, 0.717) is 5.69 Å². The Morgan fingerprint density at radius 3 is 2.33 bits per heavy atom. The SMILES string of the molecule is Nc1nc(COC(=O)c2ccc(S(=O)(=O)C(F)F)cc2)nc(Nc2ccccc2)n1. The summed E-state index contributed by atoms with van der Waals surface area (Å²) in [6, 6.07) is 13.0. The van der Waals surface area contributed by atoms with E-state index in [1.165, 1.54) is 0 Å². The lowest BCUT2D eigenvalue weighted by atomic mass is 10.2. The molecule has 3 N–H and O–H groups in total. The Balaban J connectivity index is 1.67. The van der Waals surface area contributed by atoms with Crippen molar-refractivity contribution >= 4 is 33.4 Å². The summed E-state index contributed by atoms with van der Waals surface area (Å²) in [4.78, 5) is 23.5. The number of nitrogens with two attached hydrogens (primary N) is 1. The number of benzene rings is 2. The van der Waals surface area contributed by atoms with Gasteiger partial charge in [0, 0.05) is 5.69 Å². The lowest BCUT2D eigenvalue weighted by Gasteiger charge is -2.08. The van der Waals surface area contributed by atoms with E-state index in [1.54, 1.807) is 12.1 Å². The summed E-state index contributed by atoms with van der Waals surface area (Å²) in [5, 5.41) is 2.93. The van der Waals surface area contributed by atoms with Crippen molar-refractivity contribution in [2.24, 2.45) is 0 Å². The number of nitrogen functional groups attached to an aromatic ring is 1. The van der Waals surface area contributed by atoms with Gasteiger partial charge in [0.05, 0.1) is 10.5 Å². The molecule has 156 valence electrons. The number of anilines is 3. The van der Waals surface area contributed by atoms with Gasteiger partial charge in [-0.1, -0.05) is 18.2 Å². The van der Waals surface area contributed by atoms with Gasteiger partial charge >= 0.3 is 11.7 Å². The van der Waals surface area contributed by atoms with Crippen LogP contribution in [0.1, 0.15) is 16.2 Å². The van der Waals surface area contributed by atoms with Gasteiger partial charge in [0.15, 0.2) is 12.4 Å². The molecule has 0 saturated heterocycles. The maximum absolute atomic E-state index is 12.6. The number of nitrogens with one attached hydrogen (secondary N) is 1. The molecule has 0 unspecified atom stereocenters. The predicted molar refractivity (Wildman–Crippen MR) is 103 cm³/mol. The molecule has 0 radical (unpaired) electrons. The highest BCUT2D eigenvalue weighted by Crippen LogP contribution is 2.19. The first-order valence-corrected chi connectivity index (χ1v) is 9.92. The third-order valence-corrected chi connectivity index (χ3v) is 5.11. The normalized spacial score (nSPS) is 11.3. The second-order valence-electron chi connectivity index (χ2n) is 5.83. The fourth-order valence-corrected chi connectivity index (χ4v) is 3.03. The van der Waals surface area contributed by atoms with Gasteiger partial charge in [0.25, 0.3) is 0 Å². The van der Waals surface area contributed by atoms with Gasteiger partial charge in [0.1, 0.15) is 0 Å². The summed E-state index contributed by atoms with van der Waals surface area (Å²) in [6.45, 7) is -0.341. The molecule has 1 heterocycles. The van der Waals surface area contributed by atoms with Crippen molar-refractivity contribution in [2.45, 2.75) is 17.3 Å². The van der Waals surface area contributed by atoms with E-state index in [2.05, 4.69) is 20.3 Å². The van der Waals surface area contributed by atoms with Gasteiger partial charge in [-0.25, -0.2) is 13.2 Å². The Bertz CT molecular complexity index is 1140. The number of sulfone groups is 1. The van der Waals surface area contributed by atoms with Gasteiger partial charge in [-0.2, -0.15) is 23.7 Å². The van der Waals surface area contributed by atoms with Crippen LogP contribution in [0.15, 0.2) is 59.5 Å². The van der Waals surface area contributed by atoms with Crippen LogP contribution in [0.5, 0.6) is 0 Å². The minimum absolute atomic E-state index is 0.0344. The number of carbonyl (C=O) groups excluding carboxylic acids is 1. The molecule has 0 aliphatic heterocycles. The fraction of sp³-hybridized carbons (Fsp3) is 0.111. The van der Waals surface area contributed by atoms with Crippen LogP contribution < -0.4 is 11.1 Å². The van der Waals surface area contributed by atoms with E-state index in [-0.39, 0.29) is 29.9 Å². The standard InChI is InChI=1S/C18H15F2N5O4S/c19-16(20)30(27,28)13-8-6-11(7-9-13)15(26)29-10-14-23-17(21)25-18(24-14)22-12-4-2-1-3-5-12/h1-9,16H,10H2,(H3,21,22,23,24,25). The first kappa shape index (κ1) is 21.0. The highest BCUT2D eigenvalue weighted by Gasteiger charge is 2.26. The molecule has 12 heteroatoms. The number of nitrogens with zero attached hydrogens (tertiary/aromatic N) is 3. The van der Waals surface area contributed by atoms with Crippen LogP contribution in [0.2, 0.25) is 0 Å². The van der Waals surface area contributed by atoms with E-state index >= 15 is 0 Å². The number of ether oxygens (including phenoxy) is 1. The predicted octanol–water partition coefficient (Wildman–Crippen LogP) is 2.55. The van der Waals surface area contributed by atoms with Gasteiger partial charge in [0.2, 0.25) is 21.7 Å². The number of para-hydroxylation sites is 1. The monoisotopic (exact) mass is 435 g/mol. The molecule has 30 heavy (non-hydrogen) atoms. The van der Waals surface area contributed by atoms with E-state index < -0.39 is 26.5 Å². The highest BCUT2D eigenvalue weighted by atomic mass is 32.2. The van der Waals surface area contributed by atoms with Crippen molar-refractivity contribution in [3.63, 3.8) is 0 Å². The number of carbonyl (C=O) groups is 1. The summed E-state index contributed by atoms with van der Waals surface area (Å²) in [6.07, 6.45) is 0. The molecule has 1 aromatic heterocycles. The number of esters is 1. The quantitative estimate of drug-likeness (QED) is 0.536. The molecule has 0 spiro atoms. The van der Waals surface area contributed by atoms with Crippen molar-refractivity contribution in [3.05, 3.63) is 66.0 Å². The van der Waals surface area contributed by atoms with Crippen molar-refractivity contribution < 1.29 is 26.7 Å². The molecule has 0 atom stereocenters. The summed E-state index contributed by atoms with van der Waals surface area (Å²) in [5.74, 6) is -4.24. The summed E-state index contributed by atoms with van der Waals surface area (Å²) in [7, 11) is -4.74. The minimum atomic E-state index is -4.74. The van der Waals surface area contributed by atoms with Crippen LogP contribution >= 0.6 is 0 Å². The maximum atomic E-state index is 12.6. The van der Waals surface area contributed by atoms with Crippen molar-refractivity contribution in [1.29, 1.82) is 0 Å². The topological polar surface area (TPSA) is 137 Å². The number of rotatable bonds is 7. The number of halogens is 2. The zero-order valence-electron chi connectivity index (χ0n) is 15.2. The van der Waals surface area contributed by atoms with Crippen molar-refractivity contribution in [1.82, 2.24) is 15.0 Å². The van der Waals surface area contributed by atoms with Gasteiger partial charge in [-0.15, -0.1) is 0 Å². The maximum Gasteiger partial charge on any atom is 0.341 e. The second-order valence-corrected chi connectivity index (χ2v) is 7.75. The molecule has 3 aromatic rings. The molecule has 2 aromatic carbocycles. The Hall–Kier alpha value is -3.67. The van der Waals surface area contributed by atoms with Crippen molar-refractivity contribution in [2.75, 3.05) is 11.1 Å². The molecular formula is C18H15F2N5O4S. The van der Waals surface area contributed by atoms with Crippen LogP contribution in [0, 0.1) is 0 Å². The Morgan fingerprint density at radius 2 is 1.70 bits per heavy atom. The average Bonchev–Trinajstić information content (AvgIpc) is 2.72. The van der Waals surface area contributed by atoms with E-state index in [0.717, 1.165) is 24.3 Å². The van der Waals surface area contributed by atoms with Crippen LogP contribution in [0.4, 0.5) is 26.4 Å². The van der Waals surface area contributed by atoms with Gasteiger partial charge in [-0.3, -0.25) is 0 Å². The first-order valence-electron chi connectivity index (χ1n) is 8.37. The number of hydrogen-bond acceptors (Lipinski definition) is 9. The molecule has 0 aliphatic rings. The summed E-state index contributed by atoms with van der Waals surface area (Å²) >= 11 is 0. The fourth-order valence-electron chi connectivity index (χ4n) is 2.31. The highest BCUT2D eigenvalue weighted by molar-refractivity contribution is 7.91. The third kappa shape index (κ3) is 5.03. The second kappa shape index (κ2) is 8.78. The summed E-state index contributed by atoms with van der Waals surface area (Å²) in [5.41, 5.74) is 6.33. The van der Waals surface area contributed by atoms with Gasteiger partial charge in [-0.05, 0) is 36.4 Å². The lowest BCUT2D eigenvalue weighted by molar-refractivity contribution is 0.0462. The third-order valence-electron chi connectivity index (χ3n) is 3.71.